The number of ether oxygens (including phenoxy) is 2. The molecule has 1 aromatic rings. The summed E-state index contributed by atoms with van der Waals surface area (Å²) in [5.74, 6) is 1.56. The van der Waals surface area contributed by atoms with Crippen LogP contribution in [0.1, 0.15) is 17.5 Å². The fraction of sp³-hybridized carbons (Fsp3) is 0.667. The summed E-state index contributed by atoms with van der Waals surface area (Å²) < 4.78 is 10.7. The molecular weight excluding hydrogens is 304 g/mol. The van der Waals surface area contributed by atoms with Gasteiger partial charge in [0.2, 0.25) is 0 Å². The molecule has 1 saturated heterocycles. The number of guanidine groups is 1. The summed E-state index contributed by atoms with van der Waals surface area (Å²) in [5.41, 5.74) is 2.57. The van der Waals surface area contributed by atoms with Crippen LogP contribution in [0.2, 0.25) is 0 Å². The lowest BCUT2D eigenvalue weighted by Crippen LogP contribution is -2.41. The van der Waals surface area contributed by atoms with Crippen molar-refractivity contribution in [3.05, 3.63) is 29.6 Å². The van der Waals surface area contributed by atoms with Crippen molar-refractivity contribution in [3.63, 3.8) is 0 Å². The minimum absolute atomic E-state index is 0.572. The highest BCUT2D eigenvalue weighted by atomic mass is 16.5. The third-order valence-electron chi connectivity index (χ3n) is 4.40. The van der Waals surface area contributed by atoms with Crippen molar-refractivity contribution in [3.8, 4) is 0 Å². The Balaban J connectivity index is 1.71. The van der Waals surface area contributed by atoms with Gasteiger partial charge in [-0.15, -0.1) is 0 Å². The number of aryl methyl sites for hydroxylation is 1. The molecule has 24 heavy (non-hydrogen) atoms. The first-order chi connectivity index (χ1) is 11.7. The van der Waals surface area contributed by atoms with Crippen molar-refractivity contribution >= 4 is 5.96 Å². The van der Waals surface area contributed by atoms with Crippen LogP contribution in [0.3, 0.4) is 0 Å². The zero-order valence-corrected chi connectivity index (χ0v) is 15.1. The first kappa shape index (κ1) is 18.7. The van der Waals surface area contributed by atoms with Crippen LogP contribution in [0.5, 0.6) is 0 Å². The van der Waals surface area contributed by atoms with Gasteiger partial charge in [0, 0.05) is 52.1 Å². The van der Waals surface area contributed by atoms with Crippen LogP contribution < -0.4 is 5.32 Å². The number of hydrogen-bond donors (Lipinski definition) is 1. The second kappa shape index (κ2) is 10.3. The quantitative estimate of drug-likeness (QED) is 0.443. The van der Waals surface area contributed by atoms with Gasteiger partial charge in [0.15, 0.2) is 5.96 Å². The van der Waals surface area contributed by atoms with Crippen molar-refractivity contribution in [2.45, 2.75) is 19.8 Å². The molecule has 6 nitrogen and oxygen atoms in total. The maximum atomic E-state index is 5.65. The zero-order chi connectivity index (χ0) is 17.2. The molecule has 6 heteroatoms. The van der Waals surface area contributed by atoms with Crippen LogP contribution in [0.25, 0.3) is 0 Å². The van der Waals surface area contributed by atoms with E-state index in [1.165, 1.54) is 11.1 Å². The van der Waals surface area contributed by atoms with Gasteiger partial charge in [0.25, 0.3) is 0 Å². The van der Waals surface area contributed by atoms with E-state index in [0.717, 1.165) is 45.0 Å². The Morgan fingerprint density at radius 1 is 1.46 bits per heavy atom. The molecule has 1 unspecified atom stereocenters. The van der Waals surface area contributed by atoms with Gasteiger partial charge in [-0.3, -0.25) is 9.98 Å². The van der Waals surface area contributed by atoms with Crippen LogP contribution >= 0.6 is 0 Å². The minimum atomic E-state index is 0.572. The monoisotopic (exact) mass is 334 g/mol. The highest BCUT2D eigenvalue weighted by Gasteiger charge is 2.24. The first-order valence-electron chi connectivity index (χ1n) is 8.66. The molecule has 2 heterocycles. The number of aromatic nitrogens is 1. The van der Waals surface area contributed by atoms with Crippen LogP contribution in [0.4, 0.5) is 0 Å². The largest absolute Gasteiger partial charge is 0.382 e. The predicted octanol–water partition coefficient (Wildman–Crippen LogP) is 1.49. The van der Waals surface area contributed by atoms with Gasteiger partial charge in [0.05, 0.1) is 19.8 Å². The average Bonchev–Trinajstić information content (AvgIpc) is 3.06. The van der Waals surface area contributed by atoms with E-state index in [-0.39, 0.29) is 0 Å². The Hall–Kier alpha value is -1.66. The number of pyridine rings is 1. The standard InChI is InChI=1S/C18H30N4O2/c1-15-12-20-7-4-17(15)5-8-21-18(19-2)22-9-6-16(13-22)14-24-11-10-23-3/h4,7,12,16H,5-6,8-11,13-14H2,1-3H3,(H,19,21). The number of likely N-dealkylation sites (tertiary alicyclic amines) is 1. The maximum absolute atomic E-state index is 5.65. The van der Waals surface area contributed by atoms with Gasteiger partial charge < -0.3 is 19.7 Å². The Morgan fingerprint density at radius 3 is 3.08 bits per heavy atom. The van der Waals surface area contributed by atoms with Gasteiger partial charge in [-0.2, -0.15) is 0 Å². The molecule has 1 aromatic heterocycles. The molecule has 1 fully saturated rings. The van der Waals surface area contributed by atoms with Gasteiger partial charge in [-0.05, 0) is 37.0 Å². The Bertz CT molecular complexity index is 521. The number of nitrogens with one attached hydrogen (secondary N) is 1. The Morgan fingerprint density at radius 2 is 2.33 bits per heavy atom. The van der Waals surface area contributed by atoms with Crippen molar-refractivity contribution < 1.29 is 9.47 Å². The lowest BCUT2D eigenvalue weighted by Gasteiger charge is -2.22. The van der Waals surface area contributed by atoms with Crippen molar-refractivity contribution in [2.24, 2.45) is 10.9 Å². The fourth-order valence-corrected chi connectivity index (χ4v) is 2.98. The first-order valence-corrected chi connectivity index (χ1v) is 8.66. The van der Waals surface area contributed by atoms with Crippen LogP contribution in [-0.2, 0) is 15.9 Å². The molecule has 0 amide bonds. The third-order valence-corrected chi connectivity index (χ3v) is 4.40. The van der Waals surface area contributed by atoms with E-state index < -0.39 is 0 Å². The van der Waals surface area contributed by atoms with E-state index in [4.69, 9.17) is 9.47 Å². The normalized spacial score (nSPS) is 18.2. The maximum Gasteiger partial charge on any atom is 0.193 e. The van der Waals surface area contributed by atoms with Crippen LogP contribution in [0.15, 0.2) is 23.5 Å². The molecular formula is C18H30N4O2. The van der Waals surface area contributed by atoms with Gasteiger partial charge in [0.1, 0.15) is 0 Å². The molecule has 0 spiro atoms. The van der Waals surface area contributed by atoms with Gasteiger partial charge >= 0.3 is 0 Å². The van der Waals surface area contributed by atoms with Crippen LogP contribution in [-0.4, -0.2) is 69.5 Å². The summed E-state index contributed by atoms with van der Waals surface area (Å²) in [7, 11) is 3.55. The summed E-state index contributed by atoms with van der Waals surface area (Å²) >= 11 is 0. The second-order valence-corrected chi connectivity index (χ2v) is 6.19. The summed E-state index contributed by atoms with van der Waals surface area (Å²) in [5, 5.41) is 3.48. The van der Waals surface area contributed by atoms with E-state index in [1.54, 1.807) is 7.11 Å². The van der Waals surface area contributed by atoms with Crippen molar-refractivity contribution in [1.82, 2.24) is 15.2 Å². The average molecular weight is 334 g/mol. The minimum Gasteiger partial charge on any atom is -0.382 e. The molecule has 0 bridgehead atoms. The van der Waals surface area contributed by atoms with Crippen LogP contribution in [0, 0.1) is 12.8 Å². The summed E-state index contributed by atoms with van der Waals surface area (Å²) in [6, 6.07) is 2.09. The number of hydrogen-bond acceptors (Lipinski definition) is 4. The summed E-state index contributed by atoms with van der Waals surface area (Å²) in [6.45, 7) is 7.15. The molecule has 1 aliphatic heterocycles. The number of aliphatic imine (C=N–C) groups is 1. The van der Waals surface area contributed by atoms with Gasteiger partial charge in [-0.25, -0.2) is 0 Å². The fourth-order valence-electron chi connectivity index (χ4n) is 2.98. The van der Waals surface area contributed by atoms with Gasteiger partial charge in [-0.1, -0.05) is 0 Å². The lowest BCUT2D eigenvalue weighted by atomic mass is 10.1. The molecule has 1 N–H and O–H groups in total. The topological polar surface area (TPSA) is 59.0 Å². The number of nitrogens with zero attached hydrogens (tertiary/aromatic N) is 3. The molecule has 2 rings (SSSR count). The van der Waals surface area contributed by atoms with E-state index in [2.05, 4.69) is 33.2 Å². The van der Waals surface area contributed by atoms with E-state index in [9.17, 15) is 0 Å². The van der Waals surface area contributed by atoms with E-state index in [1.807, 2.05) is 19.4 Å². The highest BCUT2D eigenvalue weighted by molar-refractivity contribution is 5.80. The molecule has 0 radical (unpaired) electrons. The molecule has 0 aliphatic carbocycles. The second-order valence-electron chi connectivity index (χ2n) is 6.19. The van der Waals surface area contributed by atoms with E-state index in [0.29, 0.717) is 19.1 Å². The number of methoxy groups -OCH3 is 1. The van der Waals surface area contributed by atoms with E-state index >= 15 is 0 Å². The molecule has 1 atom stereocenters. The Labute approximate surface area is 145 Å². The highest BCUT2D eigenvalue weighted by Crippen LogP contribution is 2.16. The molecule has 0 saturated carbocycles. The summed E-state index contributed by atoms with van der Waals surface area (Å²) in [6.07, 6.45) is 5.90. The van der Waals surface area contributed by atoms with Crippen molar-refractivity contribution in [2.75, 3.05) is 53.6 Å². The molecule has 134 valence electrons. The Kier molecular flexibility index (Phi) is 7.98. The SMILES string of the molecule is CN=C(NCCc1ccncc1C)N1CCC(COCCOC)C1. The molecule has 1 aliphatic rings. The lowest BCUT2D eigenvalue weighted by molar-refractivity contribution is 0.0536. The predicted molar refractivity (Wildman–Crippen MR) is 96.4 cm³/mol. The third kappa shape index (κ3) is 5.76. The number of rotatable bonds is 8. The summed E-state index contributed by atoms with van der Waals surface area (Å²) in [4.78, 5) is 10.9. The zero-order valence-electron chi connectivity index (χ0n) is 15.1. The van der Waals surface area contributed by atoms with Crippen molar-refractivity contribution in [1.29, 1.82) is 0 Å². The molecule has 0 aromatic carbocycles. The smallest absolute Gasteiger partial charge is 0.193 e.